The van der Waals surface area contributed by atoms with E-state index in [-0.39, 0.29) is 10.9 Å². The molecule has 0 aliphatic heterocycles. The van der Waals surface area contributed by atoms with Crippen molar-refractivity contribution in [1.29, 1.82) is 5.26 Å². The monoisotopic (exact) mass is 238 g/mol. The van der Waals surface area contributed by atoms with Gasteiger partial charge >= 0.3 is 0 Å². The van der Waals surface area contributed by atoms with Crippen LogP contribution < -0.4 is 4.72 Å². The summed E-state index contributed by atoms with van der Waals surface area (Å²) in [6.07, 6.45) is 0.719. The van der Waals surface area contributed by atoms with Gasteiger partial charge < -0.3 is 0 Å². The second-order valence-electron chi connectivity index (χ2n) is 3.57. The van der Waals surface area contributed by atoms with Crippen LogP contribution in [0.15, 0.2) is 29.2 Å². The average Bonchev–Trinajstić information content (AvgIpc) is 2.28. The highest BCUT2D eigenvalue weighted by Gasteiger charge is 2.16. The zero-order chi connectivity index (χ0) is 12.2. The van der Waals surface area contributed by atoms with Crippen LogP contribution in [0.3, 0.4) is 0 Å². The van der Waals surface area contributed by atoms with Gasteiger partial charge in [0.15, 0.2) is 0 Å². The second kappa shape index (κ2) is 5.10. The third kappa shape index (κ3) is 3.05. The van der Waals surface area contributed by atoms with Crippen LogP contribution in [0.2, 0.25) is 0 Å². The van der Waals surface area contributed by atoms with Gasteiger partial charge in [0, 0.05) is 6.04 Å². The lowest BCUT2D eigenvalue weighted by molar-refractivity contribution is 0.556. The van der Waals surface area contributed by atoms with Gasteiger partial charge in [0.05, 0.1) is 16.5 Å². The smallest absolute Gasteiger partial charge is 0.208 e. The minimum Gasteiger partial charge on any atom is -0.208 e. The quantitative estimate of drug-likeness (QED) is 0.866. The van der Waals surface area contributed by atoms with Crippen LogP contribution >= 0.6 is 0 Å². The van der Waals surface area contributed by atoms with E-state index in [2.05, 4.69) is 4.72 Å². The molecule has 0 bridgehead atoms. The number of rotatable bonds is 4. The normalized spacial score (nSPS) is 13.1. The van der Waals surface area contributed by atoms with Gasteiger partial charge in [-0.3, -0.25) is 0 Å². The highest BCUT2D eigenvalue weighted by molar-refractivity contribution is 7.89. The number of hydrogen-bond donors (Lipinski definition) is 1. The summed E-state index contributed by atoms with van der Waals surface area (Å²) in [5.41, 5.74) is 0.340. The predicted octanol–water partition coefficient (Wildman–Crippen LogP) is 1.64. The first-order valence-corrected chi connectivity index (χ1v) is 6.50. The molecule has 0 aliphatic carbocycles. The summed E-state index contributed by atoms with van der Waals surface area (Å²) in [4.78, 5) is 0.131. The molecule has 4 nitrogen and oxygen atoms in total. The molecule has 0 spiro atoms. The van der Waals surface area contributed by atoms with E-state index >= 15 is 0 Å². The molecule has 1 aromatic carbocycles. The van der Waals surface area contributed by atoms with Gasteiger partial charge in [-0.05, 0) is 31.5 Å². The van der Waals surface area contributed by atoms with Crippen LogP contribution in [0.4, 0.5) is 0 Å². The molecule has 0 saturated carbocycles. The van der Waals surface area contributed by atoms with Crippen molar-refractivity contribution in [3.05, 3.63) is 29.8 Å². The Hall–Kier alpha value is -1.38. The van der Waals surface area contributed by atoms with E-state index in [0.717, 1.165) is 6.42 Å². The SMILES string of the molecule is CC[C@@H](C)NS(=O)(=O)c1cccc(C#N)c1. The fraction of sp³-hybridized carbons (Fsp3) is 0.364. The summed E-state index contributed by atoms with van der Waals surface area (Å²) in [5.74, 6) is 0. The summed E-state index contributed by atoms with van der Waals surface area (Å²) in [5, 5.41) is 8.69. The highest BCUT2D eigenvalue weighted by atomic mass is 32.2. The van der Waals surface area contributed by atoms with E-state index in [0.29, 0.717) is 5.56 Å². The first-order valence-electron chi connectivity index (χ1n) is 5.02. The van der Waals surface area contributed by atoms with Crippen LogP contribution in [-0.4, -0.2) is 14.5 Å². The third-order valence-electron chi connectivity index (χ3n) is 2.24. The fourth-order valence-electron chi connectivity index (χ4n) is 1.15. The zero-order valence-corrected chi connectivity index (χ0v) is 10.1. The lowest BCUT2D eigenvalue weighted by atomic mass is 10.2. The molecule has 16 heavy (non-hydrogen) atoms. The zero-order valence-electron chi connectivity index (χ0n) is 9.27. The van der Waals surface area contributed by atoms with Gasteiger partial charge in [-0.25, -0.2) is 13.1 Å². The molecule has 86 valence electrons. The number of nitriles is 1. The molecule has 5 heteroatoms. The minimum absolute atomic E-state index is 0.115. The molecule has 0 heterocycles. The Kier molecular flexibility index (Phi) is 4.05. The lowest BCUT2D eigenvalue weighted by Gasteiger charge is -2.11. The van der Waals surface area contributed by atoms with Gasteiger partial charge in [-0.15, -0.1) is 0 Å². The number of sulfonamides is 1. The molecular formula is C11H14N2O2S. The molecule has 0 radical (unpaired) electrons. The topological polar surface area (TPSA) is 70.0 Å². The molecule has 0 amide bonds. The molecule has 1 N–H and O–H groups in total. The van der Waals surface area contributed by atoms with Crippen molar-refractivity contribution in [2.45, 2.75) is 31.2 Å². The second-order valence-corrected chi connectivity index (χ2v) is 5.28. The maximum absolute atomic E-state index is 11.8. The summed E-state index contributed by atoms with van der Waals surface area (Å²) in [6.45, 7) is 3.70. The Morgan fingerprint density at radius 2 is 2.19 bits per heavy atom. The molecular weight excluding hydrogens is 224 g/mol. The van der Waals surface area contributed by atoms with Crippen LogP contribution in [-0.2, 0) is 10.0 Å². The molecule has 0 saturated heterocycles. The lowest BCUT2D eigenvalue weighted by Crippen LogP contribution is -2.32. The molecule has 1 rings (SSSR count). The van der Waals surface area contributed by atoms with Gasteiger partial charge in [-0.2, -0.15) is 5.26 Å². The van der Waals surface area contributed by atoms with Crippen LogP contribution in [0.5, 0.6) is 0 Å². The Morgan fingerprint density at radius 3 is 2.75 bits per heavy atom. The van der Waals surface area contributed by atoms with Gasteiger partial charge in [0.2, 0.25) is 10.0 Å². The first kappa shape index (κ1) is 12.7. The van der Waals surface area contributed by atoms with Crippen molar-refractivity contribution in [2.75, 3.05) is 0 Å². The Balaban J connectivity index is 3.04. The molecule has 0 fully saturated rings. The molecule has 0 unspecified atom stereocenters. The number of nitrogens with zero attached hydrogens (tertiary/aromatic N) is 1. The van der Waals surface area contributed by atoms with E-state index in [9.17, 15) is 8.42 Å². The maximum Gasteiger partial charge on any atom is 0.240 e. The summed E-state index contributed by atoms with van der Waals surface area (Å²) < 4.78 is 26.2. The number of hydrogen-bond acceptors (Lipinski definition) is 3. The number of benzene rings is 1. The van der Waals surface area contributed by atoms with Crippen molar-refractivity contribution >= 4 is 10.0 Å². The van der Waals surface area contributed by atoms with E-state index in [4.69, 9.17) is 5.26 Å². The summed E-state index contributed by atoms with van der Waals surface area (Å²) in [7, 11) is -3.51. The molecule has 0 aliphatic rings. The molecule has 1 atom stereocenters. The Labute approximate surface area is 96.0 Å². The van der Waals surface area contributed by atoms with Crippen molar-refractivity contribution in [3.63, 3.8) is 0 Å². The Morgan fingerprint density at radius 1 is 1.50 bits per heavy atom. The van der Waals surface area contributed by atoms with E-state index in [1.54, 1.807) is 19.1 Å². The Bertz CT molecular complexity index is 503. The highest BCUT2D eigenvalue weighted by Crippen LogP contribution is 2.11. The summed E-state index contributed by atoms with van der Waals surface area (Å²) >= 11 is 0. The van der Waals surface area contributed by atoms with Crippen molar-refractivity contribution in [1.82, 2.24) is 4.72 Å². The molecule has 0 aromatic heterocycles. The standard InChI is InChI=1S/C11H14N2O2S/c1-3-9(2)13-16(14,15)11-6-4-5-10(7-11)8-12/h4-7,9,13H,3H2,1-2H3/t9-/m1/s1. The van der Waals surface area contributed by atoms with E-state index < -0.39 is 10.0 Å². The van der Waals surface area contributed by atoms with Crippen molar-refractivity contribution in [2.24, 2.45) is 0 Å². The van der Waals surface area contributed by atoms with Crippen molar-refractivity contribution in [3.8, 4) is 6.07 Å². The van der Waals surface area contributed by atoms with Crippen molar-refractivity contribution < 1.29 is 8.42 Å². The van der Waals surface area contributed by atoms with Crippen LogP contribution in [0, 0.1) is 11.3 Å². The van der Waals surface area contributed by atoms with E-state index in [1.807, 2.05) is 13.0 Å². The van der Waals surface area contributed by atoms with Crippen LogP contribution in [0.1, 0.15) is 25.8 Å². The largest absolute Gasteiger partial charge is 0.240 e. The van der Waals surface area contributed by atoms with Crippen LogP contribution in [0.25, 0.3) is 0 Å². The van der Waals surface area contributed by atoms with Gasteiger partial charge in [-0.1, -0.05) is 13.0 Å². The average molecular weight is 238 g/mol. The predicted molar refractivity (Wildman–Crippen MR) is 61.2 cm³/mol. The van der Waals surface area contributed by atoms with Gasteiger partial charge in [0.25, 0.3) is 0 Å². The first-order chi connectivity index (χ1) is 7.49. The summed E-state index contributed by atoms with van der Waals surface area (Å²) in [6, 6.07) is 7.77. The maximum atomic E-state index is 11.8. The third-order valence-corrected chi connectivity index (χ3v) is 3.83. The van der Waals surface area contributed by atoms with E-state index in [1.165, 1.54) is 12.1 Å². The van der Waals surface area contributed by atoms with Gasteiger partial charge in [0.1, 0.15) is 0 Å². The number of nitrogens with one attached hydrogen (secondary N) is 1. The minimum atomic E-state index is -3.51. The fourth-order valence-corrected chi connectivity index (χ4v) is 2.52. The molecule has 1 aromatic rings.